The minimum atomic E-state index is -4.41. The number of nitrogens with zero attached hydrogens (tertiary/aromatic N) is 1. The van der Waals surface area contributed by atoms with Gasteiger partial charge in [0.25, 0.3) is 0 Å². The van der Waals surface area contributed by atoms with E-state index < -0.39 is 23.8 Å². The molecule has 144 valence electrons. The Bertz CT molecular complexity index is 837. The van der Waals surface area contributed by atoms with Gasteiger partial charge in [0.05, 0.1) is 25.8 Å². The summed E-state index contributed by atoms with van der Waals surface area (Å²) in [5.41, 5.74) is 6.53. The summed E-state index contributed by atoms with van der Waals surface area (Å²) in [6, 6.07) is 8.74. The monoisotopic (exact) mass is 380 g/mol. The molecule has 5 nitrogen and oxygen atoms in total. The number of halogens is 3. The largest absolute Gasteiger partial charge is 0.493 e. The van der Waals surface area contributed by atoms with Crippen LogP contribution in [0.25, 0.3) is 0 Å². The van der Waals surface area contributed by atoms with Crippen molar-refractivity contribution in [2.45, 2.75) is 24.8 Å². The minimum absolute atomic E-state index is 0.255. The third kappa shape index (κ3) is 3.57. The number of methoxy groups -OCH3 is 2. The van der Waals surface area contributed by atoms with E-state index >= 15 is 0 Å². The average Bonchev–Trinajstić information content (AvgIpc) is 2.66. The number of ether oxygens (including phenoxy) is 2. The summed E-state index contributed by atoms with van der Waals surface area (Å²) in [5, 5.41) is 0. The summed E-state index contributed by atoms with van der Waals surface area (Å²) in [5.74, 6) is 0.834. The highest BCUT2D eigenvalue weighted by Crippen LogP contribution is 2.38. The molecule has 1 aliphatic heterocycles. The number of hydrogen-bond donors (Lipinski definition) is 1. The average molecular weight is 380 g/mol. The van der Waals surface area contributed by atoms with Gasteiger partial charge in [0.15, 0.2) is 11.5 Å². The Balaban J connectivity index is 1.82. The molecule has 0 unspecified atom stereocenters. The summed E-state index contributed by atoms with van der Waals surface area (Å²) in [6.45, 7) is 0.262. The minimum Gasteiger partial charge on any atom is -0.493 e. The van der Waals surface area contributed by atoms with Crippen molar-refractivity contribution in [3.05, 3.63) is 59.2 Å². The van der Waals surface area contributed by atoms with Crippen LogP contribution in [0.3, 0.4) is 0 Å². The van der Waals surface area contributed by atoms with Gasteiger partial charge in [-0.25, -0.2) is 0 Å². The van der Waals surface area contributed by atoms with Crippen LogP contribution < -0.4 is 15.2 Å². The molecular formula is C19H19F3N2O3. The summed E-state index contributed by atoms with van der Waals surface area (Å²) >= 11 is 0. The Hall–Kier alpha value is -2.74. The van der Waals surface area contributed by atoms with Crippen LogP contribution in [0.5, 0.6) is 11.5 Å². The number of β-lactam (4-membered cyclic amide) rings is 1. The molecule has 2 aromatic carbocycles. The van der Waals surface area contributed by atoms with Crippen molar-refractivity contribution in [1.29, 1.82) is 0 Å². The van der Waals surface area contributed by atoms with Gasteiger partial charge >= 0.3 is 6.18 Å². The third-order valence-corrected chi connectivity index (χ3v) is 4.62. The van der Waals surface area contributed by atoms with Crippen LogP contribution in [0.2, 0.25) is 0 Å². The molecule has 0 spiro atoms. The van der Waals surface area contributed by atoms with Crippen molar-refractivity contribution in [2.75, 3.05) is 14.2 Å². The van der Waals surface area contributed by atoms with E-state index in [0.29, 0.717) is 17.1 Å². The second kappa shape index (κ2) is 7.11. The Morgan fingerprint density at radius 1 is 1.04 bits per heavy atom. The highest BCUT2D eigenvalue weighted by atomic mass is 19.4. The summed E-state index contributed by atoms with van der Waals surface area (Å²) in [4.78, 5) is 13.8. The van der Waals surface area contributed by atoms with Crippen molar-refractivity contribution < 1.29 is 27.4 Å². The first-order valence-corrected chi connectivity index (χ1v) is 8.20. The van der Waals surface area contributed by atoms with Crippen molar-refractivity contribution in [2.24, 2.45) is 5.73 Å². The SMILES string of the molecule is COc1ccc(CN2C(=O)[C@@H](N)[C@@H]2c2ccc(C(F)(F)F)cc2)cc1OC. The quantitative estimate of drug-likeness (QED) is 0.810. The van der Waals surface area contributed by atoms with Crippen LogP contribution in [-0.4, -0.2) is 31.1 Å². The van der Waals surface area contributed by atoms with E-state index in [1.807, 2.05) is 0 Å². The topological polar surface area (TPSA) is 64.8 Å². The van der Waals surface area contributed by atoms with Crippen molar-refractivity contribution in [1.82, 2.24) is 4.90 Å². The Morgan fingerprint density at radius 2 is 1.67 bits per heavy atom. The van der Waals surface area contributed by atoms with Gasteiger partial charge in [-0.3, -0.25) is 4.79 Å². The summed E-state index contributed by atoms with van der Waals surface area (Å²) in [6.07, 6.45) is -4.41. The molecule has 0 aromatic heterocycles. The number of alkyl halides is 3. The predicted molar refractivity (Wildman–Crippen MR) is 92.3 cm³/mol. The second-order valence-corrected chi connectivity index (χ2v) is 6.25. The van der Waals surface area contributed by atoms with E-state index in [2.05, 4.69) is 0 Å². The maximum atomic E-state index is 12.7. The predicted octanol–water partition coefficient (Wildman–Crippen LogP) is 3.13. The lowest BCUT2D eigenvalue weighted by atomic mass is 9.88. The maximum absolute atomic E-state index is 12.7. The number of carbonyl (C=O) groups is 1. The molecule has 1 heterocycles. The van der Waals surface area contributed by atoms with Crippen molar-refractivity contribution in [3.8, 4) is 11.5 Å². The van der Waals surface area contributed by atoms with Crippen LogP contribution in [0.1, 0.15) is 22.7 Å². The van der Waals surface area contributed by atoms with E-state index in [0.717, 1.165) is 17.7 Å². The molecule has 0 bridgehead atoms. The van der Waals surface area contributed by atoms with Gasteiger partial charge in [-0.2, -0.15) is 13.2 Å². The first kappa shape index (κ1) is 19.0. The number of rotatable bonds is 5. The molecule has 0 aliphatic carbocycles. The van der Waals surface area contributed by atoms with Gasteiger partial charge in [0.1, 0.15) is 6.04 Å². The number of amides is 1. The van der Waals surface area contributed by atoms with E-state index in [-0.39, 0.29) is 12.5 Å². The Labute approximate surface area is 154 Å². The van der Waals surface area contributed by atoms with Crippen LogP contribution in [-0.2, 0) is 17.5 Å². The van der Waals surface area contributed by atoms with Crippen LogP contribution in [0, 0.1) is 0 Å². The first-order chi connectivity index (χ1) is 12.8. The molecular weight excluding hydrogens is 361 g/mol. The lowest BCUT2D eigenvalue weighted by molar-refractivity contribution is -0.150. The molecule has 8 heteroatoms. The number of carbonyl (C=O) groups excluding carboxylic acids is 1. The lowest BCUT2D eigenvalue weighted by Gasteiger charge is -2.46. The zero-order chi connectivity index (χ0) is 19.8. The molecule has 1 saturated heterocycles. The van der Waals surface area contributed by atoms with Crippen molar-refractivity contribution in [3.63, 3.8) is 0 Å². The molecule has 0 radical (unpaired) electrons. The highest BCUT2D eigenvalue weighted by molar-refractivity contribution is 5.89. The van der Waals surface area contributed by atoms with Crippen LogP contribution >= 0.6 is 0 Å². The van der Waals surface area contributed by atoms with E-state index in [4.69, 9.17) is 15.2 Å². The maximum Gasteiger partial charge on any atom is 0.416 e. The fraction of sp³-hybridized carbons (Fsp3) is 0.316. The first-order valence-electron chi connectivity index (χ1n) is 8.20. The van der Waals surface area contributed by atoms with Gasteiger partial charge in [0.2, 0.25) is 5.91 Å². The van der Waals surface area contributed by atoms with E-state index in [1.54, 1.807) is 18.2 Å². The molecule has 1 aliphatic rings. The summed E-state index contributed by atoms with van der Waals surface area (Å²) in [7, 11) is 3.04. The van der Waals surface area contributed by atoms with E-state index in [1.165, 1.54) is 31.3 Å². The highest BCUT2D eigenvalue weighted by Gasteiger charge is 2.45. The molecule has 0 saturated carbocycles. The zero-order valence-electron chi connectivity index (χ0n) is 14.8. The number of hydrogen-bond acceptors (Lipinski definition) is 4. The van der Waals surface area contributed by atoms with E-state index in [9.17, 15) is 18.0 Å². The fourth-order valence-corrected chi connectivity index (χ4v) is 3.18. The molecule has 2 aromatic rings. The standard InChI is InChI=1S/C19H19F3N2O3/c1-26-14-8-3-11(9-15(14)27-2)10-24-17(16(23)18(24)25)12-4-6-13(7-5-12)19(20,21)22/h3-9,16-17H,10,23H2,1-2H3/t16-,17-/m0/s1. The zero-order valence-corrected chi connectivity index (χ0v) is 14.8. The number of nitrogens with two attached hydrogens (primary N) is 1. The molecule has 27 heavy (non-hydrogen) atoms. The smallest absolute Gasteiger partial charge is 0.416 e. The van der Waals surface area contributed by atoms with Gasteiger partial charge in [-0.05, 0) is 35.4 Å². The van der Waals surface area contributed by atoms with Crippen LogP contribution in [0.4, 0.5) is 13.2 Å². The molecule has 3 rings (SSSR count). The molecule has 2 atom stereocenters. The summed E-state index contributed by atoms with van der Waals surface area (Å²) < 4.78 is 48.7. The Morgan fingerprint density at radius 3 is 2.22 bits per heavy atom. The lowest BCUT2D eigenvalue weighted by Crippen LogP contribution is -2.62. The molecule has 2 N–H and O–H groups in total. The molecule has 1 amide bonds. The second-order valence-electron chi connectivity index (χ2n) is 6.25. The number of likely N-dealkylation sites (tertiary alicyclic amines) is 1. The fourth-order valence-electron chi connectivity index (χ4n) is 3.18. The van der Waals surface area contributed by atoms with Gasteiger partial charge < -0.3 is 20.1 Å². The normalized spacial score (nSPS) is 19.6. The van der Waals surface area contributed by atoms with Crippen LogP contribution in [0.15, 0.2) is 42.5 Å². The van der Waals surface area contributed by atoms with Gasteiger partial charge in [-0.1, -0.05) is 18.2 Å². The Kier molecular flexibility index (Phi) is 5.01. The third-order valence-electron chi connectivity index (χ3n) is 4.62. The van der Waals surface area contributed by atoms with Gasteiger partial charge in [0, 0.05) is 6.54 Å². The molecule has 1 fully saturated rings. The van der Waals surface area contributed by atoms with Crippen molar-refractivity contribution >= 4 is 5.91 Å². The van der Waals surface area contributed by atoms with Gasteiger partial charge in [-0.15, -0.1) is 0 Å². The number of benzene rings is 2.